The molecular formula is C18H25F2N5O2. The molecule has 1 aromatic heterocycles. The number of aromatic nitrogens is 3. The molecule has 3 N–H and O–H groups in total. The predicted molar refractivity (Wildman–Crippen MR) is 98.5 cm³/mol. The van der Waals surface area contributed by atoms with E-state index in [0.29, 0.717) is 23.3 Å². The minimum atomic E-state index is -2.49. The van der Waals surface area contributed by atoms with Gasteiger partial charge in [-0.25, -0.2) is 18.4 Å². The number of halogens is 2. The molecule has 0 saturated heterocycles. The van der Waals surface area contributed by atoms with E-state index < -0.39 is 23.7 Å². The maximum atomic E-state index is 12.6. The molecule has 0 bridgehead atoms. The van der Waals surface area contributed by atoms with E-state index in [1.165, 1.54) is 12.1 Å². The number of amides is 1. The first-order chi connectivity index (χ1) is 12.5. The number of nitrogens with zero attached hydrogens (tertiary/aromatic N) is 3. The standard InChI is InChI=1S/C18H25F2N5O2/c1-11(2)15-23-25(17(27)24(15)21)16(26)22-18(3,4)10-9-12-5-7-13(8-6-12)14(19)20/h5-8,11,14H,9-10,21H2,1-4H3,(H,22,26). The monoisotopic (exact) mass is 381 g/mol. The van der Waals surface area contributed by atoms with Crippen LogP contribution in [-0.2, 0) is 6.42 Å². The Kier molecular flexibility index (Phi) is 6.02. The first kappa shape index (κ1) is 20.6. The molecule has 0 aliphatic rings. The fourth-order valence-electron chi connectivity index (χ4n) is 2.61. The van der Waals surface area contributed by atoms with E-state index in [-0.39, 0.29) is 11.5 Å². The highest BCUT2D eigenvalue weighted by Crippen LogP contribution is 2.20. The number of alkyl halides is 2. The van der Waals surface area contributed by atoms with Gasteiger partial charge in [0.15, 0.2) is 5.82 Å². The zero-order chi connectivity index (χ0) is 20.4. The van der Waals surface area contributed by atoms with Crippen molar-refractivity contribution in [1.29, 1.82) is 0 Å². The fourth-order valence-corrected chi connectivity index (χ4v) is 2.61. The van der Waals surface area contributed by atoms with Gasteiger partial charge in [-0.2, -0.15) is 4.68 Å². The molecule has 1 aromatic carbocycles. The number of nitrogen functional groups attached to an aromatic ring is 1. The maximum absolute atomic E-state index is 12.6. The Hall–Kier alpha value is -2.71. The van der Waals surface area contributed by atoms with Crippen molar-refractivity contribution < 1.29 is 13.6 Å². The molecule has 1 amide bonds. The number of hydrogen-bond acceptors (Lipinski definition) is 4. The number of benzene rings is 1. The van der Waals surface area contributed by atoms with Crippen LogP contribution in [-0.4, -0.2) is 26.0 Å². The topological polar surface area (TPSA) is 94.9 Å². The molecule has 0 unspecified atom stereocenters. The molecule has 9 heteroatoms. The summed E-state index contributed by atoms with van der Waals surface area (Å²) in [5.74, 6) is 5.86. The second-order valence-corrected chi connectivity index (χ2v) is 7.43. The molecular weight excluding hydrogens is 356 g/mol. The van der Waals surface area contributed by atoms with Gasteiger partial charge in [-0.3, -0.25) is 0 Å². The molecule has 0 fully saturated rings. The Balaban J connectivity index is 2.04. The summed E-state index contributed by atoms with van der Waals surface area (Å²) in [7, 11) is 0. The van der Waals surface area contributed by atoms with Crippen LogP contribution in [0.4, 0.5) is 13.6 Å². The van der Waals surface area contributed by atoms with Crippen molar-refractivity contribution in [2.75, 3.05) is 5.84 Å². The SMILES string of the molecule is CC(C)c1nn(C(=O)NC(C)(C)CCc2ccc(C(F)F)cc2)c(=O)n1N. The van der Waals surface area contributed by atoms with E-state index in [4.69, 9.17) is 5.84 Å². The van der Waals surface area contributed by atoms with Gasteiger partial charge in [0.05, 0.1) is 0 Å². The third-order valence-corrected chi connectivity index (χ3v) is 4.26. The molecule has 2 rings (SSSR count). The zero-order valence-corrected chi connectivity index (χ0v) is 15.9. The lowest BCUT2D eigenvalue weighted by molar-refractivity contribution is 0.151. The van der Waals surface area contributed by atoms with Gasteiger partial charge in [0, 0.05) is 17.0 Å². The molecule has 0 aliphatic carbocycles. The predicted octanol–water partition coefficient (Wildman–Crippen LogP) is 2.79. The Morgan fingerprint density at radius 1 is 1.26 bits per heavy atom. The normalized spacial score (nSPS) is 12.0. The molecule has 0 aliphatic heterocycles. The Labute approximate surface area is 156 Å². The Morgan fingerprint density at radius 3 is 2.33 bits per heavy atom. The lowest BCUT2D eigenvalue weighted by Crippen LogP contribution is -2.49. The van der Waals surface area contributed by atoms with E-state index in [9.17, 15) is 18.4 Å². The van der Waals surface area contributed by atoms with Gasteiger partial charge in [-0.15, -0.1) is 9.78 Å². The lowest BCUT2D eigenvalue weighted by atomic mass is 9.95. The molecule has 0 radical (unpaired) electrons. The number of nitrogens with one attached hydrogen (secondary N) is 1. The van der Waals surface area contributed by atoms with Crippen molar-refractivity contribution >= 4 is 6.03 Å². The van der Waals surface area contributed by atoms with Gasteiger partial charge in [0.2, 0.25) is 0 Å². The first-order valence-electron chi connectivity index (χ1n) is 8.68. The summed E-state index contributed by atoms with van der Waals surface area (Å²) in [6.45, 7) is 7.26. The molecule has 2 aromatic rings. The summed E-state index contributed by atoms with van der Waals surface area (Å²) in [6, 6.07) is 5.42. The number of aryl methyl sites for hydroxylation is 1. The van der Waals surface area contributed by atoms with Crippen LogP contribution in [0.5, 0.6) is 0 Å². The maximum Gasteiger partial charge on any atom is 0.373 e. The number of carbonyl (C=O) groups excluding carboxylic acids is 1. The minimum Gasteiger partial charge on any atom is -0.333 e. The van der Waals surface area contributed by atoms with Gasteiger partial charge >= 0.3 is 11.7 Å². The number of carbonyl (C=O) groups is 1. The van der Waals surface area contributed by atoms with Gasteiger partial charge in [-0.1, -0.05) is 38.1 Å². The van der Waals surface area contributed by atoms with Crippen LogP contribution >= 0.6 is 0 Å². The number of rotatable bonds is 6. The van der Waals surface area contributed by atoms with Crippen molar-refractivity contribution in [3.63, 3.8) is 0 Å². The van der Waals surface area contributed by atoms with Crippen LogP contribution in [0.1, 0.15) is 63.4 Å². The van der Waals surface area contributed by atoms with Gasteiger partial charge in [0.1, 0.15) is 0 Å². The summed E-state index contributed by atoms with van der Waals surface area (Å²) >= 11 is 0. The van der Waals surface area contributed by atoms with Crippen LogP contribution in [0.25, 0.3) is 0 Å². The van der Waals surface area contributed by atoms with E-state index in [1.54, 1.807) is 12.1 Å². The summed E-state index contributed by atoms with van der Waals surface area (Å²) in [4.78, 5) is 24.5. The fraction of sp³-hybridized carbons (Fsp3) is 0.500. The van der Waals surface area contributed by atoms with E-state index in [0.717, 1.165) is 10.2 Å². The van der Waals surface area contributed by atoms with Crippen LogP contribution in [0.2, 0.25) is 0 Å². The van der Waals surface area contributed by atoms with Crippen molar-refractivity contribution in [2.45, 2.75) is 58.4 Å². The third kappa shape index (κ3) is 4.93. The quantitative estimate of drug-likeness (QED) is 0.752. The Morgan fingerprint density at radius 2 is 1.85 bits per heavy atom. The average Bonchev–Trinajstić information content (AvgIpc) is 2.89. The lowest BCUT2D eigenvalue weighted by Gasteiger charge is -2.25. The highest BCUT2D eigenvalue weighted by atomic mass is 19.3. The van der Waals surface area contributed by atoms with E-state index in [2.05, 4.69) is 10.4 Å². The summed E-state index contributed by atoms with van der Waals surface area (Å²) in [5.41, 5.74) is -0.500. The molecule has 148 valence electrons. The molecule has 0 saturated carbocycles. The Bertz CT molecular complexity index is 854. The highest BCUT2D eigenvalue weighted by molar-refractivity contribution is 5.76. The largest absolute Gasteiger partial charge is 0.373 e. The zero-order valence-electron chi connectivity index (χ0n) is 15.9. The second kappa shape index (κ2) is 7.89. The molecule has 27 heavy (non-hydrogen) atoms. The number of nitrogens with two attached hydrogens (primary N) is 1. The minimum absolute atomic E-state index is 0.0241. The van der Waals surface area contributed by atoms with Crippen LogP contribution < -0.4 is 16.8 Å². The van der Waals surface area contributed by atoms with Crippen molar-refractivity contribution in [1.82, 2.24) is 19.8 Å². The van der Waals surface area contributed by atoms with Gasteiger partial charge in [0.25, 0.3) is 6.43 Å². The highest BCUT2D eigenvalue weighted by Gasteiger charge is 2.25. The van der Waals surface area contributed by atoms with E-state index >= 15 is 0 Å². The van der Waals surface area contributed by atoms with Crippen molar-refractivity contribution in [2.24, 2.45) is 0 Å². The summed E-state index contributed by atoms with van der Waals surface area (Å²) < 4.78 is 26.8. The second-order valence-electron chi connectivity index (χ2n) is 7.43. The average molecular weight is 381 g/mol. The third-order valence-electron chi connectivity index (χ3n) is 4.26. The van der Waals surface area contributed by atoms with Crippen molar-refractivity contribution in [3.05, 3.63) is 51.7 Å². The smallest absolute Gasteiger partial charge is 0.333 e. The van der Waals surface area contributed by atoms with Gasteiger partial charge in [-0.05, 0) is 32.3 Å². The van der Waals surface area contributed by atoms with Crippen LogP contribution in [0.15, 0.2) is 29.1 Å². The van der Waals surface area contributed by atoms with Crippen LogP contribution in [0.3, 0.4) is 0 Å². The summed E-state index contributed by atoms with van der Waals surface area (Å²) in [5, 5.41) is 6.76. The number of hydrogen-bond donors (Lipinski definition) is 2. The van der Waals surface area contributed by atoms with Crippen LogP contribution in [0, 0.1) is 0 Å². The first-order valence-corrected chi connectivity index (χ1v) is 8.68. The van der Waals surface area contributed by atoms with E-state index in [1.807, 2.05) is 27.7 Å². The summed E-state index contributed by atoms with van der Waals surface area (Å²) in [6.07, 6.45) is -1.37. The molecule has 7 nitrogen and oxygen atoms in total. The molecule has 0 spiro atoms. The van der Waals surface area contributed by atoms with Crippen molar-refractivity contribution in [3.8, 4) is 0 Å². The molecule has 0 atom stereocenters. The molecule has 1 heterocycles. The van der Waals surface area contributed by atoms with Gasteiger partial charge < -0.3 is 11.2 Å².